The van der Waals surface area contributed by atoms with E-state index in [-0.39, 0.29) is 0 Å². The van der Waals surface area contributed by atoms with E-state index < -0.39 is 0 Å². The first-order valence-corrected chi connectivity index (χ1v) is 7.82. The van der Waals surface area contributed by atoms with E-state index in [4.69, 9.17) is 4.42 Å². The van der Waals surface area contributed by atoms with Gasteiger partial charge in [-0.25, -0.2) is 4.98 Å². The van der Waals surface area contributed by atoms with E-state index >= 15 is 0 Å². The van der Waals surface area contributed by atoms with Gasteiger partial charge in [0.1, 0.15) is 5.52 Å². The molecule has 3 rings (SSSR count). The zero-order valence-corrected chi connectivity index (χ0v) is 12.5. The standard InChI is InChI=1S/C17H24N2O/c1-12(2)9-13-6-7-15-16(10-13)20-17(19-15)11-14-5-3-4-8-18-14/h6-7,10,12,14,18H,3-5,8-9,11H2,1-2H3. The number of hydrogen-bond acceptors (Lipinski definition) is 3. The Bertz CT molecular complexity index is 567. The Labute approximate surface area is 120 Å². The van der Waals surface area contributed by atoms with Crippen LogP contribution in [0.2, 0.25) is 0 Å². The molecule has 0 saturated carbocycles. The van der Waals surface area contributed by atoms with Crippen molar-refractivity contribution in [2.24, 2.45) is 5.92 Å². The Kier molecular flexibility index (Phi) is 4.06. The number of fused-ring (bicyclic) bond motifs is 1. The van der Waals surface area contributed by atoms with Gasteiger partial charge in [-0.15, -0.1) is 0 Å². The van der Waals surface area contributed by atoms with E-state index in [1.54, 1.807) is 0 Å². The number of nitrogens with zero attached hydrogens (tertiary/aromatic N) is 1. The molecule has 1 atom stereocenters. The fourth-order valence-electron chi connectivity index (χ4n) is 3.01. The highest BCUT2D eigenvalue weighted by atomic mass is 16.3. The van der Waals surface area contributed by atoms with Gasteiger partial charge >= 0.3 is 0 Å². The molecule has 0 amide bonds. The van der Waals surface area contributed by atoms with E-state index in [1.165, 1.54) is 24.8 Å². The molecule has 1 aromatic carbocycles. The molecule has 2 aromatic rings. The Morgan fingerprint density at radius 3 is 3.00 bits per heavy atom. The quantitative estimate of drug-likeness (QED) is 0.922. The average Bonchev–Trinajstić information content (AvgIpc) is 2.80. The first-order chi connectivity index (χ1) is 9.70. The van der Waals surface area contributed by atoms with Crippen LogP contribution in [0, 0.1) is 5.92 Å². The van der Waals surface area contributed by atoms with Gasteiger partial charge in [0.2, 0.25) is 0 Å². The summed E-state index contributed by atoms with van der Waals surface area (Å²) in [5, 5.41) is 3.55. The Morgan fingerprint density at radius 1 is 1.35 bits per heavy atom. The van der Waals surface area contributed by atoms with Crippen molar-refractivity contribution in [3.05, 3.63) is 29.7 Å². The highest BCUT2D eigenvalue weighted by molar-refractivity contribution is 5.73. The van der Waals surface area contributed by atoms with Crippen molar-refractivity contribution in [3.8, 4) is 0 Å². The van der Waals surface area contributed by atoms with Crippen molar-refractivity contribution in [1.29, 1.82) is 0 Å². The SMILES string of the molecule is CC(C)Cc1ccc2nc(CC3CCCCN3)oc2c1. The molecule has 1 fully saturated rings. The predicted molar refractivity (Wildman–Crippen MR) is 81.9 cm³/mol. The highest BCUT2D eigenvalue weighted by Crippen LogP contribution is 2.21. The van der Waals surface area contributed by atoms with Gasteiger partial charge in [-0.1, -0.05) is 26.3 Å². The lowest BCUT2D eigenvalue weighted by Gasteiger charge is -2.21. The third-order valence-electron chi connectivity index (χ3n) is 3.97. The molecular formula is C17H24N2O. The van der Waals surface area contributed by atoms with Crippen LogP contribution in [0.5, 0.6) is 0 Å². The van der Waals surface area contributed by atoms with Gasteiger partial charge in [0, 0.05) is 12.5 Å². The number of rotatable bonds is 4. The number of piperidine rings is 1. The van der Waals surface area contributed by atoms with Gasteiger partial charge < -0.3 is 9.73 Å². The zero-order chi connectivity index (χ0) is 13.9. The van der Waals surface area contributed by atoms with Crippen LogP contribution in [-0.2, 0) is 12.8 Å². The van der Waals surface area contributed by atoms with E-state index in [9.17, 15) is 0 Å². The molecule has 1 saturated heterocycles. The van der Waals surface area contributed by atoms with Gasteiger partial charge in [-0.2, -0.15) is 0 Å². The molecule has 1 N–H and O–H groups in total. The number of oxazole rings is 1. The summed E-state index contributed by atoms with van der Waals surface area (Å²) in [5.74, 6) is 1.54. The molecule has 0 spiro atoms. The normalized spacial score (nSPS) is 19.9. The lowest BCUT2D eigenvalue weighted by atomic mass is 10.0. The molecule has 20 heavy (non-hydrogen) atoms. The third-order valence-corrected chi connectivity index (χ3v) is 3.97. The van der Waals surface area contributed by atoms with E-state index in [0.29, 0.717) is 12.0 Å². The predicted octanol–water partition coefficient (Wildman–Crippen LogP) is 3.71. The smallest absolute Gasteiger partial charge is 0.197 e. The van der Waals surface area contributed by atoms with Gasteiger partial charge in [-0.3, -0.25) is 0 Å². The van der Waals surface area contributed by atoms with Crippen LogP contribution < -0.4 is 5.32 Å². The fraction of sp³-hybridized carbons (Fsp3) is 0.588. The van der Waals surface area contributed by atoms with Gasteiger partial charge in [0.05, 0.1) is 0 Å². The molecule has 2 heterocycles. The van der Waals surface area contributed by atoms with E-state index in [2.05, 4.69) is 42.3 Å². The Balaban J connectivity index is 1.75. The molecule has 1 aliphatic heterocycles. The Hall–Kier alpha value is -1.35. The molecule has 3 nitrogen and oxygen atoms in total. The second-order valence-electron chi connectivity index (χ2n) is 6.36. The Morgan fingerprint density at radius 2 is 2.25 bits per heavy atom. The summed E-state index contributed by atoms with van der Waals surface area (Å²) in [7, 11) is 0. The minimum atomic E-state index is 0.534. The topological polar surface area (TPSA) is 38.1 Å². The van der Waals surface area contributed by atoms with Crippen molar-refractivity contribution in [3.63, 3.8) is 0 Å². The molecule has 1 aromatic heterocycles. The van der Waals surface area contributed by atoms with Gasteiger partial charge in [0.15, 0.2) is 11.5 Å². The molecule has 0 aliphatic carbocycles. The summed E-state index contributed by atoms with van der Waals surface area (Å²) in [6.45, 7) is 5.61. The zero-order valence-electron chi connectivity index (χ0n) is 12.5. The van der Waals surface area contributed by atoms with Crippen LogP contribution in [0.3, 0.4) is 0 Å². The van der Waals surface area contributed by atoms with Gasteiger partial charge in [0.25, 0.3) is 0 Å². The number of nitrogens with one attached hydrogen (secondary N) is 1. The third kappa shape index (κ3) is 3.21. The fourth-order valence-corrected chi connectivity index (χ4v) is 3.01. The van der Waals surface area contributed by atoms with Crippen LogP contribution in [0.25, 0.3) is 11.1 Å². The molecular weight excluding hydrogens is 248 g/mol. The van der Waals surface area contributed by atoms with Gasteiger partial charge in [-0.05, 0) is 49.4 Å². The first kappa shape index (κ1) is 13.6. The molecule has 1 unspecified atom stereocenters. The summed E-state index contributed by atoms with van der Waals surface area (Å²) in [4.78, 5) is 4.62. The second-order valence-corrected chi connectivity index (χ2v) is 6.36. The lowest BCUT2D eigenvalue weighted by Crippen LogP contribution is -2.35. The summed E-state index contributed by atoms with van der Waals surface area (Å²) in [5.41, 5.74) is 3.27. The lowest BCUT2D eigenvalue weighted by molar-refractivity contribution is 0.372. The minimum absolute atomic E-state index is 0.534. The van der Waals surface area contributed by atoms with Crippen LogP contribution in [0.4, 0.5) is 0 Å². The maximum atomic E-state index is 5.94. The monoisotopic (exact) mass is 272 g/mol. The summed E-state index contributed by atoms with van der Waals surface area (Å²) in [6.07, 6.45) is 5.85. The van der Waals surface area contributed by atoms with E-state index in [0.717, 1.165) is 36.4 Å². The summed E-state index contributed by atoms with van der Waals surface area (Å²) >= 11 is 0. The number of benzene rings is 1. The largest absolute Gasteiger partial charge is 0.441 e. The molecule has 3 heteroatoms. The highest BCUT2D eigenvalue weighted by Gasteiger charge is 2.16. The summed E-state index contributed by atoms with van der Waals surface area (Å²) in [6, 6.07) is 6.95. The average molecular weight is 272 g/mol. The minimum Gasteiger partial charge on any atom is -0.441 e. The van der Waals surface area contributed by atoms with Crippen molar-refractivity contribution >= 4 is 11.1 Å². The van der Waals surface area contributed by atoms with Crippen molar-refractivity contribution in [1.82, 2.24) is 10.3 Å². The van der Waals surface area contributed by atoms with Crippen molar-refractivity contribution in [2.75, 3.05) is 6.54 Å². The molecule has 0 bridgehead atoms. The second kappa shape index (κ2) is 5.96. The maximum Gasteiger partial charge on any atom is 0.197 e. The summed E-state index contributed by atoms with van der Waals surface area (Å²) < 4.78 is 5.94. The number of hydrogen-bond donors (Lipinski definition) is 1. The number of aromatic nitrogens is 1. The van der Waals surface area contributed by atoms with Crippen LogP contribution in [0.1, 0.15) is 44.6 Å². The van der Waals surface area contributed by atoms with Crippen LogP contribution in [0.15, 0.2) is 22.6 Å². The molecule has 1 aliphatic rings. The van der Waals surface area contributed by atoms with Crippen LogP contribution >= 0.6 is 0 Å². The van der Waals surface area contributed by atoms with E-state index in [1.807, 2.05) is 0 Å². The molecule has 108 valence electrons. The molecule has 0 radical (unpaired) electrons. The van der Waals surface area contributed by atoms with Crippen molar-refractivity contribution in [2.45, 2.75) is 52.0 Å². The maximum absolute atomic E-state index is 5.94. The first-order valence-electron chi connectivity index (χ1n) is 7.82. The van der Waals surface area contributed by atoms with Crippen LogP contribution in [-0.4, -0.2) is 17.6 Å². The van der Waals surface area contributed by atoms with Crippen molar-refractivity contribution < 1.29 is 4.42 Å².